The zero-order valence-electron chi connectivity index (χ0n) is 22.9. The van der Waals surface area contributed by atoms with Crippen molar-refractivity contribution in [3.05, 3.63) is 46.9 Å². The molecule has 2 aromatic rings. The number of methoxy groups -OCH3 is 4. The van der Waals surface area contributed by atoms with Crippen LogP contribution in [0.1, 0.15) is 17.2 Å². The van der Waals surface area contributed by atoms with E-state index in [1.165, 1.54) is 52.7 Å². The predicted molar refractivity (Wildman–Crippen MR) is 147 cm³/mol. The summed E-state index contributed by atoms with van der Waals surface area (Å²) in [7, 11) is 1.50. The number of aliphatic hydroxyl groups is 3. The van der Waals surface area contributed by atoms with Crippen molar-refractivity contribution >= 4 is 27.8 Å². The van der Waals surface area contributed by atoms with E-state index >= 15 is 0 Å². The summed E-state index contributed by atoms with van der Waals surface area (Å²) in [5.41, 5.74) is 0.472. The largest absolute Gasteiger partial charge is 0.496 e. The Bertz CT molecular complexity index is 1240. The van der Waals surface area contributed by atoms with Crippen LogP contribution in [0.25, 0.3) is 6.08 Å². The molecule has 0 saturated heterocycles. The minimum atomic E-state index is -4.13. The van der Waals surface area contributed by atoms with Crippen molar-refractivity contribution < 1.29 is 57.1 Å². The molecule has 0 fully saturated rings. The van der Waals surface area contributed by atoms with Gasteiger partial charge >= 0.3 is 5.97 Å². The number of anilines is 1. The van der Waals surface area contributed by atoms with E-state index in [0.717, 1.165) is 5.41 Å². The maximum atomic E-state index is 13.0. The Hall–Kier alpha value is -3.56. The van der Waals surface area contributed by atoms with Crippen molar-refractivity contribution in [2.75, 3.05) is 72.6 Å². The number of nitrogens with one attached hydrogen (secondary N) is 1. The average Bonchev–Trinajstić information content (AvgIpc) is 2.91. The zero-order valence-corrected chi connectivity index (χ0v) is 23.7. The van der Waals surface area contributed by atoms with Gasteiger partial charge < -0.3 is 43.9 Å². The smallest absolute Gasteiger partial charge is 0.367 e. The van der Waals surface area contributed by atoms with Gasteiger partial charge in [-0.2, -0.15) is 0 Å². The van der Waals surface area contributed by atoms with Crippen LogP contribution in [0.3, 0.4) is 0 Å². The molecule has 2 aromatic carbocycles. The second-order valence-electron chi connectivity index (χ2n) is 8.65. The molecule has 0 spiro atoms. The van der Waals surface area contributed by atoms with Crippen LogP contribution in [0.2, 0.25) is 0 Å². The summed E-state index contributed by atoms with van der Waals surface area (Å²) >= 11 is 0. The first-order chi connectivity index (χ1) is 19.0. The van der Waals surface area contributed by atoms with Gasteiger partial charge in [-0.05, 0) is 24.3 Å². The van der Waals surface area contributed by atoms with Crippen LogP contribution in [0, 0.1) is 0 Å². The lowest BCUT2D eigenvalue weighted by Crippen LogP contribution is -2.57. The highest BCUT2D eigenvalue weighted by atomic mass is 32.2. The second-order valence-corrected chi connectivity index (χ2v) is 10.2. The molecule has 0 amide bonds. The van der Waals surface area contributed by atoms with E-state index < -0.39 is 46.3 Å². The molecule has 0 radical (unpaired) electrons. The maximum absolute atomic E-state index is 13.0. The van der Waals surface area contributed by atoms with Gasteiger partial charge in [-0.1, -0.05) is 0 Å². The van der Waals surface area contributed by atoms with E-state index in [9.17, 15) is 33.6 Å². The number of quaternary nitrogens is 1. The monoisotopic (exact) mass is 585 g/mol. The molecule has 0 heterocycles. The van der Waals surface area contributed by atoms with E-state index in [1.54, 1.807) is 12.1 Å². The molecule has 1 unspecified atom stereocenters. The van der Waals surface area contributed by atoms with Crippen molar-refractivity contribution in [1.29, 1.82) is 0 Å². The third kappa shape index (κ3) is 7.76. The first-order valence-electron chi connectivity index (χ1n) is 12.1. The Morgan fingerprint density at radius 3 is 1.82 bits per heavy atom. The van der Waals surface area contributed by atoms with E-state index in [1.807, 2.05) is 0 Å². The van der Waals surface area contributed by atoms with Gasteiger partial charge in [0.05, 0.1) is 64.8 Å². The van der Waals surface area contributed by atoms with Gasteiger partial charge in [-0.15, -0.1) is 0 Å². The third-order valence-corrected chi connectivity index (χ3v) is 7.38. The Morgan fingerprint density at radius 1 is 0.875 bits per heavy atom. The van der Waals surface area contributed by atoms with Crippen molar-refractivity contribution in [2.24, 2.45) is 0 Å². The molecule has 5 N–H and O–H groups in total. The van der Waals surface area contributed by atoms with E-state index in [2.05, 4.69) is 4.72 Å². The van der Waals surface area contributed by atoms with Crippen LogP contribution in [-0.4, -0.2) is 107 Å². The number of carbonyl (C=O) groups is 1. The minimum absolute atomic E-state index is 0.0375. The number of rotatable bonds is 17. The van der Waals surface area contributed by atoms with Crippen LogP contribution in [0.4, 0.5) is 5.69 Å². The molecular formula is C26H37N2O11S+. The first kappa shape index (κ1) is 32.7. The topological polar surface area (TPSA) is 181 Å². The fraction of sp³-hybridized carbons (Fsp3) is 0.423. The van der Waals surface area contributed by atoms with Crippen molar-refractivity contribution in [3.8, 4) is 23.0 Å². The fourth-order valence-electron chi connectivity index (χ4n) is 4.55. The quantitative estimate of drug-likeness (QED) is 0.167. The van der Waals surface area contributed by atoms with Crippen LogP contribution >= 0.6 is 0 Å². The van der Waals surface area contributed by atoms with Gasteiger partial charge in [-0.25, -0.2) is 13.2 Å². The molecule has 0 aliphatic rings. The number of aliphatic carboxylic acids is 1. The molecule has 2 rings (SSSR count). The van der Waals surface area contributed by atoms with Gasteiger partial charge in [0, 0.05) is 17.8 Å². The van der Waals surface area contributed by atoms with Crippen LogP contribution in [-0.2, 0) is 14.8 Å². The van der Waals surface area contributed by atoms with Gasteiger partial charge in [0.25, 0.3) is 10.0 Å². The van der Waals surface area contributed by atoms with Crippen molar-refractivity contribution in [2.45, 2.75) is 6.04 Å². The average molecular weight is 586 g/mol. The number of hydrogen-bond acceptors (Lipinski definition) is 10. The summed E-state index contributed by atoms with van der Waals surface area (Å²) in [5, 5.41) is 40.2. The zero-order chi connectivity index (χ0) is 29.9. The summed E-state index contributed by atoms with van der Waals surface area (Å²) in [6.07, 6.45) is 1.29. The first-order valence-corrected chi connectivity index (χ1v) is 13.7. The van der Waals surface area contributed by atoms with Crippen LogP contribution < -0.4 is 23.7 Å². The molecule has 40 heavy (non-hydrogen) atoms. The summed E-state index contributed by atoms with van der Waals surface area (Å²) in [5.74, 6) is -0.0975. The number of sulfonamides is 1. The second kappa shape index (κ2) is 14.7. The van der Waals surface area contributed by atoms with E-state index in [0.29, 0.717) is 22.8 Å². The lowest BCUT2D eigenvalue weighted by Gasteiger charge is -2.42. The molecule has 0 saturated carbocycles. The number of aliphatic hydroxyl groups excluding tert-OH is 3. The number of carboxylic acids is 1. The SMILES string of the molecule is COc1cc(OC)c(/C=C/S(=O)(=O)Nc2ccc(OC)c(C(C(=O)O)[N+](CCO)(CCO)CCO)c2)c(OC)c1. The van der Waals surface area contributed by atoms with Crippen LogP contribution in [0.15, 0.2) is 35.7 Å². The Morgan fingerprint density at radius 2 is 1.40 bits per heavy atom. The van der Waals surface area contributed by atoms with Crippen molar-refractivity contribution in [1.82, 2.24) is 0 Å². The Labute approximate surface area is 233 Å². The normalized spacial score (nSPS) is 12.7. The standard InChI is InChI=1S/C26H36N2O11S/c1-36-19-16-23(38-3)20(24(17-19)39-4)7-14-40(34,35)27-18-5-6-22(37-2)21(15-18)25(26(32)33)28(8-11-29,9-12-30)10-13-31/h5-7,14-17,25,27,29-31H,8-13H2,1-4H3/p+1/b14-7+. The number of hydrogen-bond donors (Lipinski definition) is 5. The van der Waals surface area contributed by atoms with Crippen molar-refractivity contribution in [3.63, 3.8) is 0 Å². The van der Waals surface area contributed by atoms with E-state index in [4.69, 9.17) is 18.9 Å². The molecule has 13 nitrogen and oxygen atoms in total. The minimum Gasteiger partial charge on any atom is -0.496 e. The highest BCUT2D eigenvalue weighted by molar-refractivity contribution is 7.95. The van der Waals surface area contributed by atoms with Gasteiger partial charge in [-0.3, -0.25) is 4.72 Å². The van der Waals surface area contributed by atoms with Gasteiger partial charge in [0.1, 0.15) is 42.6 Å². The highest BCUT2D eigenvalue weighted by Crippen LogP contribution is 2.38. The number of nitrogens with zero attached hydrogens (tertiary/aromatic N) is 1. The summed E-state index contributed by atoms with van der Waals surface area (Å²) in [6, 6.07) is 5.86. The molecule has 1 atom stereocenters. The van der Waals surface area contributed by atoms with Gasteiger partial charge in [0.15, 0.2) is 0 Å². The molecule has 0 aromatic heterocycles. The molecular weight excluding hydrogens is 548 g/mol. The molecule has 0 aliphatic heterocycles. The Kier molecular flexibility index (Phi) is 12.0. The third-order valence-electron chi connectivity index (χ3n) is 6.37. The lowest BCUT2D eigenvalue weighted by atomic mass is 9.99. The highest BCUT2D eigenvalue weighted by Gasteiger charge is 2.44. The maximum Gasteiger partial charge on any atom is 0.367 e. The lowest BCUT2D eigenvalue weighted by molar-refractivity contribution is -0.949. The summed E-state index contributed by atoms with van der Waals surface area (Å²) in [6.45, 7) is -1.52. The number of benzene rings is 2. The van der Waals surface area contributed by atoms with Gasteiger partial charge in [0.2, 0.25) is 6.04 Å². The molecule has 0 bridgehead atoms. The number of carboxylic acid groups (broad SMARTS) is 1. The summed E-state index contributed by atoms with van der Waals surface area (Å²) in [4.78, 5) is 12.6. The number of ether oxygens (including phenoxy) is 4. The Balaban J connectivity index is 2.56. The fourth-order valence-corrected chi connectivity index (χ4v) is 5.39. The summed E-state index contributed by atoms with van der Waals surface area (Å²) < 4.78 is 49.3. The molecule has 222 valence electrons. The molecule has 14 heteroatoms. The molecule has 0 aliphatic carbocycles. The predicted octanol–water partition coefficient (Wildman–Crippen LogP) is 1.05. The van der Waals surface area contributed by atoms with Crippen LogP contribution in [0.5, 0.6) is 23.0 Å². The van der Waals surface area contributed by atoms with E-state index in [-0.39, 0.29) is 36.6 Å².